The van der Waals surface area contributed by atoms with Crippen molar-refractivity contribution in [3.8, 4) is 0 Å². The summed E-state index contributed by atoms with van der Waals surface area (Å²) in [5.41, 5.74) is 3.16. The van der Waals surface area contributed by atoms with Crippen LogP contribution in [0.3, 0.4) is 0 Å². The average molecular weight is 224 g/mol. The molecule has 2 aromatic heterocycles. The predicted octanol–water partition coefficient (Wildman–Crippen LogP) is 2.18. The van der Waals surface area contributed by atoms with Crippen molar-refractivity contribution < 1.29 is 0 Å². The molecule has 0 amide bonds. The van der Waals surface area contributed by atoms with Crippen molar-refractivity contribution in [3.63, 3.8) is 0 Å². The van der Waals surface area contributed by atoms with Crippen molar-refractivity contribution in [3.05, 3.63) is 54.0 Å². The van der Waals surface area contributed by atoms with E-state index in [2.05, 4.69) is 33.5 Å². The Hall–Kier alpha value is -2.23. The third-order valence-corrected chi connectivity index (χ3v) is 2.67. The van der Waals surface area contributed by atoms with Crippen molar-refractivity contribution in [2.75, 3.05) is 0 Å². The minimum atomic E-state index is 0.742. The molecule has 84 valence electrons. The van der Waals surface area contributed by atoms with Crippen molar-refractivity contribution in [2.45, 2.75) is 13.5 Å². The number of aryl methyl sites for hydroxylation is 1. The highest BCUT2D eigenvalue weighted by Gasteiger charge is 2.00. The van der Waals surface area contributed by atoms with Gasteiger partial charge < -0.3 is 0 Å². The Balaban J connectivity index is 1.95. The van der Waals surface area contributed by atoms with Gasteiger partial charge in [0.25, 0.3) is 0 Å². The summed E-state index contributed by atoms with van der Waals surface area (Å²) >= 11 is 0. The zero-order valence-corrected chi connectivity index (χ0v) is 9.54. The summed E-state index contributed by atoms with van der Waals surface area (Å²) in [6.07, 6.45) is 3.75. The Bertz CT molecular complexity index is 657. The number of hydrogen-bond acceptors (Lipinski definition) is 3. The smallest absolute Gasteiger partial charge is 0.0796 e. The fourth-order valence-corrected chi connectivity index (χ4v) is 1.88. The summed E-state index contributed by atoms with van der Waals surface area (Å²) in [7, 11) is 0. The molecule has 0 fully saturated rings. The quantitative estimate of drug-likeness (QED) is 0.670. The fraction of sp³-hybridized carbons (Fsp3) is 0.154. The number of hydrogen-bond donors (Lipinski definition) is 0. The van der Waals surface area contributed by atoms with Crippen LogP contribution in [0.1, 0.15) is 11.3 Å². The molecule has 0 N–H and O–H groups in total. The van der Waals surface area contributed by atoms with Crippen LogP contribution in [0, 0.1) is 6.92 Å². The lowest BCUT2D eigenvalue weighted by atomic mass is 10.1. The van der Waals surface area contributed by atoms with Gasteiger partial charge in [-0.2, -0.15) is 0 Å². The molecule has 0 aliphatic rings. The van der Waals surface area contributed by atoms with E-state index in [-0.39, 0.29) is 0 Å². The van der Waals surface area contributed by atoms with Crippen molar-refractivity contribution in [2.24, 2.45) is 0 Å². The molecule has 17 heavy (non-hydrogen) atoms. The van der Waals surface area contributed by atoms with Gasteiger partial charge in [0.15, 0.2) is 0 Å². The van der Waals surface area contributed by atoms with Gasteiger partial charge in [-0.15, -0.1) is 5.10 Å². The minimum Gasteiger partial charge on any atom is -0.256 e. The molecule has 0 aliphatic carbocycles. The highest BCUT2D eigenvalue weighted by Crippen LogP contribution is 2.13. The van der Waals surface area contributed by atoms with Crippen molar-refractivity contribution in [1.82, 2.24) is 20.0 Å². The molecule has 0 saturated heterocycles. The molecule has 0 aliphatic heterocycles. The molecule has 3 rings (SSSR count). The second-order valence-corrected chi connectivity index (χ2v) is 4.09. The van der Waals surface area contributed by atoms with Gasteiger partial charge in [-0.1, -0.05) is 17.3 Å². The van der Waals surface area contributed by atoms with Gasteiger partial charge >= 0.3 is 0 Å². The van der Waals surface area contributed by atoms with Crippen LogP contribution in [-0.4, -0.2) is 20.0 Å². The van der Waals surface area contributed by atoms with Crippen LogP contribution < -0.4 is 0 Å². The molecular formula is C13H12N4. The normalized spacial score (nSPS) is 10.9. The fourth-order valence-electron chi connectivity index (χ4n) is 1.88. The Labute approximate surface area is 98.9 Å². The van der Waals surface area contributed by atoms with Gasteiger partial charge in [-0.05, 0) is 30.7 Å². The first kappa shape index (κ1) is 9.96. The summed E-state index contributed by atoms with van der Waals surface area (Å²) in [6, 6.07) is 10.3. The highest BCUT2D eigenvalue weighted by molar-refractivity contribution is 5.78. The summed E-state index contributed by atoms with van der Waals surface area (Å²) < 4.78 is 1.84. The molecule has 2 heterocycles. The molecule has 3 aromatic rings. The Morgan fingerprint density at radius 1 is 1.24 bits per heavy atom. The van der Waals surface area contributed by atoms with Gasteiger partial charge in [0.2, 0.25) is 0 Å². The Kier molecular flexibility index (Phi) is 2.33. The molecule has 1 aromatic carbocycles. The van der Waals surface area contributed by atoms with Gasteiger partial charge in [0, 0.05) is 17.8 Å². The summed E-state index contributed by atoms with van der Waals surface area (Å²) in [5, 5.41) is 9.17. The second-order valence-electron chi connectivity index (χ2n) is 4.09. The molecule has 0 spiro atoms. The first-order valence-corrected chi connectivity index (χ1v) is 5.52. The largest absolute Gasteiger partial charge is 0.256 e. The number of fused-ring (bicyclic) bond motifs is 1. The maximum Gasteiger partial charge on any atom is 0.0796 e. The Morgan fingerprint density at radius 2 is 2.18 bits per heavy atom. The van der Waals surface area contributed by atoms with Crippen LogP contribution in [-0.2, 0) is 6.54 Å². The van der Waals surface area contributed by atoms with Gasteiger partial charge in [0.05, 0.1) is 17.8 Å². The third-order valence-electron chi connectivity index (χ3n) is 2.67. The zero-order chi connectivity index (χ0) is 11.7. The number of rotatable bonds is 2. The van der Waals surface area contributed by atoms with Gasteiger partial charge in [0.1, 0.15) is 0 Å². The topological polar surface area (TPSA) is 43.6 Å². The third kappa shape index (κ3) is 2.01. The summed E-state index contributed by atoms with van der Waals surface area (Å²) in [5.74, 6) is 0. The molecule has 4 heteroatoms. The van der Waals surface area contributed by atoms with Crippen LogP contribution in [0.25, 0.3) is 10.9 Å². The number of pyridine rings is 1. The van der Waals surface area contributed by atoms with E-state index in [0.717, 1.165) is 23.1 Å². The van der Waals surface area contributed by atoms with Crippen molar-refractivity contribution in [1.29, 1.82) is 0 Å². The number of benzene rings is 1. The van der Waals surface area contributed by atoms with E-state index in [9.17, 15) is 0 Å². The van der Waals surface area contributed by atoms with E-state index in [1.54, 1.807) is 0 Å². The molecule has 0 atom stereocenters. The SMILES string of the molecule is Cc1cn(Cc2ccc3ncccc3c2)nn1. The van der Waals surface area contributed by atoms with Crippen molar-refractivity contribution >= 4 is 10.9 Å². The lowest BCUT2D eigenvalue weighted by Gasteiger charge is -2.02. The molecule has 0 radical (unpaired) electrons. The second kappa shape index (κ2) is 3.97. The van der Waals surface area contributed by atoms with Crippen LogP contribution in [0.15, 0.2) is 42.7 Å². The lowest BCUT2D eigenvalue weighted by Crippen LogP contribution is -2.00. The van der Waals surface area contributed by atoms with Gasteiger partial charge in [-0.25, -0.2) is 4.68 Å². The van der Waals surface area contributed by atoms with Crippen LogP contribution in [0.2, 0.25) is 0 Å². The highest BCUT2D eigenvalue weighted by atomic mass is 15.4. The van der Waals surface area contributed by atoms with Crippen LogP contribution in [0.5, 0.6) is 0 Å². The van der Waals surface area contributed by atoms with E-state index < -0.39 is 0 Å². The molecule has 0 bridgehead atoms. The van der Waals surface area contributed by atoms with E-state index >= 15 is 0 Å². The minimum absolute atomic E-state index is 0.742. The maximum atomic E-state index is 4.30. The van der Waals surface area contributed by atoms with E-state index in [1.165, 1.54) is 5.56 Å². The van der Waals surface area contributed by atoms with Crippen LogP contribution in [0.4, 0.5) is 0 Å². The van der Waals surface area contributed by atoms with E-state index in [1.807, 2.05) is 36.1 Å². The monoisotopic (exact) mass is 224 g/mol. The molecule has 0 saturated carbocycles. The summed E-state index contributed by atoms with van der Waals surface area (Å²) in [6.45, 7) is 2.68. The molecular weight excluding hydrogens is 212 g/mol. The number of aromatic nitrogens is 4. The van der Waals surface area contributed by atoms with E-state index in [4.69, 9.17) is 0 Å². The maximum absolute atomic E-state index is 4.30. The number of nitrogens with zero attached hydrogens (tertiary/aromatic N) is 4. The first-order chi connectivity index (χ1) is 8.31. The average Bonchev–Trinajstić information content (AvgIpc) is 2.75. The summed E-state index contributed by atoms with van der Waals surface area (Å²) in [4.78, 5) is 4.30. The Morgan fingerprint density at radius 3 is 3.00 bits per heavy atom. The first-order valence-electron chi connectivity index (χ1n) is 5.52. The predicted molar refractivity (Wildman–Crippen MR) is 65.6 cm³/mol. The standard InChI is InChI=1S/C13H12N4/c1-10-8-17(16-15-10)9-11-4-5-13-12(7-11)3-2-6-14-13/h2-8H,9H2,1H3. The molecule has 4 nitrogen and oxygen atoms in total. The van der Waals surface area contributed by atoms with Crippen LogP contribution >= 0.6 is 0 Å². The lowest BCUT2D eigenvalue weighted by molar-refractivity contribution is 0.650. The van der Waals surface area contributed by atoms with Gasteiger partial charge in [-0.3, -0.25) is 4.98 Å². The van der Waals surface area contributed by atoms with E-state index in [0.29, 0.717) is 0 Å². The molecule has 0 unspecified atom stereocenters. The zero-order valence-electron chi connectivity index (χ0n) is 9.54.